The fourth-order valence-electron chi connectivity index (χ4n) is 0. The summed E-state index contributed by atoms with van der Waals surface area (Å²) in [7, 11) is 0. The number of carbonyl (C=O) groups is 4. The van der Waals surface area contributed by atoms with Gasteiger partial charge in [0.2, 0.25) is 0 Å². The van der Waals surface area contributed by atoms with Crippen LogP contribution in [-0.2, 0) is 19.2 Å². The number of rotatable bonds is 1. The Morgan fingerprint density at radius 1 is 0.471 bits per heavy atom. The molecule has 14 nitrogen and oxygen atoms in total. The van der Waals surface area contributed by atoms with Crippen LogP contribution in [0.4, 0.5) is 0 Å². The number of carboxylic acids is 4. The van der Waals surface area contributed by atoms with Gasteiger partial charge in [-0.15, -0.1) is 0 Å². The van der Waals surface area contributed by atoms with Crippen LogP contribution in [0.1, 0.15) is 55.4 Å². The van der Waals surface area contributed by atoms with Crippen molar-refractivity contribution in [2.24, 2.45) is 11.5 Å². The zero-order valence-electron chi connectivity index (χ0n) is 22.6. The minimum atomic E-state index is -0.833. The van der Waals surface area contributed by atoms with Crippen LogP contribution in [0.2, 0.25) is 0 Å². The Morgan fingerprint density at radius 3 is 0.500 bits per heavy atom. The molecule has 0 rings (SSSR count). The normalized spacial score (nSPS) is 5.94. The quantitative estimate of drug-likeness (QED) is 0.173. The predicted molar refractivity (Wildman–Crippen MR) is 134 cm³/mol. The van der Waals surface area contributed by atoms with E-state index in [9.17, 15) is 0 Å². The first kappa shape index (κ1) is 69.9. The molecular formula is C18H48N2Na2O12. The number of hydrogen-bond acceptors (Lipinski definition) is 10. The predicted octanol–water partition coefficient (Wildman–Crippen LogP) is -1.50. The molecule has 0 atom stereocenters. The molecule has 0 saturated heterocycles. The SMILES string of the molecule is CC(=O)O.CC(=O)O.CC(=O)O.CC(=O)O.CCO.CCO.CCO.CCO.NCCN.[Na].[Na]. The summed E-state index contributed by atoms with van der Waals surface area (Å²) in [5.74, 6) is -3.33. The van der Waals surface area contributed by atoms with E-state index >= 15 is 0 Å². The maximum atomic E-state index is 9.00. The first-order valence-electron chi connectivity index (χ1n) is 9.12. The summed E-state index contributed by atoms with van der Waals surface area (Å²) in [6.45, 7) is 13.2. The number of aliphatic carboxylic acids is 4. The van der Waals surface area contributed by atoms with Gasteiger partial charge in [0.25, 0.3) is 23.9 Å². The largest absolute Gasteiger partial charge is 0.481 e. The van der Waals surface area contributed by atoms with Crippen LogP contribution in [-0.4, -0.2) is 163 Å². The van der Waals surface area contributed by atoms with Crippen molar-refractivity contribution < 1.29 is 60.0 Å². The fraction of sp³-hybridized carbons (Fsp3) is 0.778. The van der Waals surface area contributed by atoms with Crippen molar-refractivity contribution in [3.8, 4) is 0 Å². The van der Waals surface area contributed by atoms with E-state index in [1.807, 2.05) is 0 Å². The third kappa shape index (κ3) is 72500. The van der Waals surface area contributed by atoms with E-state index in [4.69, 9.17) is 71.5 Å². The van der Waals surface area contributed by atoms with Gasteiger partial charge in [0, 0.05) is 126 Å². The van der Waals surface area contributed by atoms with Crippen molar-refractivity contribution in [3.63, 3.8) is 0 Å². The van der Waals surface area contributed by atoms with E-state index in [-0.39, 0.29) is 85.5 Å². The summed E-state index contributed by atoms with van der Waals surface area (Å²) in [5, 5.41) is 59.9. The Kier molecular flexibility index (Phi) is 216. The Hall–Kier alpha value is -0.360. The minimum absolute atomic E-state index is 0. The van der Waals surface area contributed by atoms with E-state index in [2.05, 4.69) is 0 Å². The molecule has 0 aliphatic carbocycles. The first-order chi connectivity index (χ1) is 14.5. The third-order valence-electron chi connectivity index (χ3n) is 0.167. The van der Waals surface area contributed by atoms with Crippen molar-refractivity contribution in [2.45, 2.75) is 55.4 Å². The van der Waals surface area contributed by atoms with Crippen LogP contribution >= 0.6 is 0 Å². The van der Waals surface area contributed by atoms with Crippen molar-refractivity contribution in [2.75, 3.05) is 39.5 Å². The fourth-order valence-corrected chi connectivity index (χ4v) is 0. The summed E-state index contributed by atoms with van der Waals surface area (Å²) in [4.78, 5) is 36.0. The van der Waals surface area contributed by atoms with E-state index in [1.165, 1.54) is 0 Å². The van der Waals surface area contributed by atoms with Crippen LogP contribution in [0.25, 0.3) is 0 Å². The second-order valence-corrected chi connectivity index (χ2v) is 3.92. The Bertz CT molecular complexity index is 255. The van der Waals surface area contributed by atoms with Crippen LogP contribution in [0.3, 0.4) is 0 Å². The minimum Gasteiger partial charge on any atom is -0.481 e. The molecule has 0 bridgehead atoms. The molecule has 0 aliphatic rings. The topological polar surface area (TPSA) is 282 Å². The van der Waals surface area contributed by atoms with Gasteiger partial charge in [-0.1, -0.05) is 0 Å². The van der Waals surface area contributed by atoms with Gasteiger partial charge < -0.3 is 52.3 Å². The summed E-state index contributed by atoms with van der Waals surface area (Å²) >= 11 is 0. The summed E-state index contributed by atoms with van der Waals surface area (Å²) < 4.78 is 0. The molecule has 0 fully saturated rings. The molecule has 0 unspecified atom stereocenters. The molecule has 0 aromatic heterocycles. The van der Waals surface area contributed by atoms with Gasteiger partial charge in [0.15, 0.2) is 0 Å². The Balaban J connectivity index is -0.0000000194. The van der Waals surface area contributed by atoms with Gasteiger partial charge in [-0.05, 0) is 27.7 Å². The Labute approximate surface area is 247 Å². The maximum Gasteiger partial charge on any atom is 0.300 e. The van der Waals surface area contributed by atoms with E-state index in [1.54, 1.807) is 27.7 Å². The summed E-state index contributed by atoms with van der Waals surface area (Å²) in [5.41, 5.74) is 9.81. The molecule has 0 aromatic rings. The van der Waals surface area contributed by atoms with Gasteiger partial charge in [-0.3, -0.25) is 19.2 Å². The van der Waals surface area contributed by atoms with E-state index in [0.717, 1.165) is 27.7 Å². The van der Waals surface area contributed by atoms with Gasteiger partial charge >= 0.3 is 0 Å². The van der Waals surface area contributed by atoms with Crippen LogP contribution in [0, 0.1) is 0 Å². The molecule has 16 heteroatoms. The second kappa shape index (κ2) is 105. The van der Waals surface area contributed by atoms with Crippen LogP contribution < -0.4 is 11.5 Å². The van der Waals surface area contributed by atoms with Crippen molar-refractivity contribution in [3.05, 3.63) is 0 Å². The zero-order valence-corrected chi connectivity index (χ0v) is 26.6. The molecular weight excluding hydrogens is 482 g/mol. The van der Waals surface area contributed by atoms with E-state index in [0.29, 0.717) is 13.1 Å². The van der Waals surface area contributed by atoms with Gasteiger partial charge in [0.1, 0.15) is 0 Å². The second-order valence-electron chi connectivity index (χ2n) is 3.92. The maximum absolute atomic E-state index is 9.00. The molecule has 2 radical (unpaired) electrons. The molecule has 0 saturated carbocycles. The number of aliphatic hydroxyl groups is 4. The first-order valence-corrected chi connectivity index (χ1v) is 9.12. The number of aliphatic hydroxyl groups excluding tert-OH is 4. The number of carboxylic acid groups (broad SMARTS) is 4. The van der Waals surface area contributed by atoms with Crippen LogP contribution in [0.5, 0.6) is 0 Å². The third-order valence-corrected chi connectivity index (χ3v) is 0.167. The Morgan fingerprint density at radius 2 is 0.500 bits per heavy atom. The van der Waals surface area contributed by atoms with Gasteiger partial charge in [0.05, 0.1) is 0 Å². The summed E-state index contributed by atoms with van der Waals surface area (Å²) in [6.07, 6.45) is 0. The summed E-state index contributed by atoms with van der Waals surface area (Å²) in [6, 6.07) is 0. The molecule has 204 valence electrons. The molecule has 0 spiro atoms. The number of nitrogens with two attached hydrogens (primary N) is 2. The van der Waals surface area contributed by atoms with Crippen molar-refractivity contribution in [1.29, 1.82) is 0 Å². The van der Waals surface area contributed by atoms with Crippen molar-refractivity contribution in [1.82, 2.24) is 0 Å². The molecule has 0 aromatic carbocycles. The zero-order chi connectivity index (χ0) is 28.6. The van der Waals surface area contributed by atoms with Gasteiger partial charge in [-0.25, -0.2) is 0 Å². The average molecular weight is 531 g/mol. The van der Waals surface area contributed by atoms with Crippen molar-refractivity contribution >= 4 is 83.0 Å². The molecule has 0 heterocycles. The van der Waals surface area contributed by atoms with Crippen LogP contribution in [0.15, 0.2) is 0 Å². The smallest absolute Gasteiger partial charge is 0.300 e. The average Bonchev–Trinajstić information content (AvgIpc) is 2.55. The molecule has 34 heavy (non-hydrogen) atoms. The molecule has 12 N–H and O–H groups in total. The van der Waals surface area contributed by atoms with E-state index < -0.39 is 23.9 Å². The monoisotopic (exact) mass is 530 g/mol. The number of hydrogen-bond donors (Lipinski definition) is 10. The van der Waals surface area contributed by atoms with Gasteiger partial charge in [-0.2, -0.15) is 0 Å². The molecule has 0 amide bonds. The molecule has 0 aliphatic heterocycles. The standard InChI is InChI=1S/C2H8N2.4C2H4O2.4C2H6O.2Na/c3-1-2-4;4*1-2(3)4;4*1-2-3;;/h1-4H2;4*1H3,(H,3,4);4*3H,2H2,1H3;;.